The smallest absolute Gasteiger partial charge is 0.00234 e. The van der Waals surface area contributed by atoms with Crippen molar-refractivity contribution in [1.82, 2.24) is 0 Å². The Kier molecular flexibility index (Phi) is 7.12. The lowest BCUT2D eigenvalue weighted by atomic mass is 9.85. The molecular weight excluding hydrogens is 192 g/mol. The van der Waals surface area contributed by atoms with E-state index in [0.717, 1.165) is 5.92 Å². The second-order valence-electron chi connectivity index (χ2n) is 4.18. The van der Waals surface area contributed by atoms with E-state index in [0.29, 0.717) is 5.41 Å². The quantitative estimate of drug-likeness (QED) is 0.623. The maximum atomic E-state index is 2.33. The van der Waals surface area contributed by atoms with Crippen LogP contribution in [0.1, 0.15) is 59.9 Å². The van der Waals surface area contributed by atoms with Crippen molar-refractivity contribution in [2.24, 2.45) is 5.92 Å². The molecule has 0 N–H and O–H groups in total. The van der Waals surface area contributed by atoms with Crippen LogP contribution < -0.4 is 0 Å². The van der Waals surface area contributed by atoms with Crippen LogP contribution in [0.25, 0.3) is 0 Å². The second-order valence-corrected chi connectivity index (χ2v) is 4.18. The van der Waals surface area contributed by atoms with Gasteiger partial charge < -0.3 is 0 Å². The molecule has 1 aromatic carbocycles. The first kappa shape index (κ1) is 15.2. The number of hydrogen-bond acceptors (Lipinski definition) is 0. The predicted octanol–water partition coefficient (Wildman–Crippen LogP) is 5.43. The van der Waals surface area contributed by atoms with E-state index in [2.05, 4.69) is 44.2 Å². The Morgan fingerprint density at radius 2 is 1.31 bits per heavy atom. The summed E-state index contributed by atoms with van der Waals surface area (Å²) < 4.78 is 0. The minimum absolute atomic E-state index is 0.543. The van der Waals surface area contributed by atoms with E-state index >= 15 is 0 Å². The van der Waals surface area contributed by atoms with Gasteiger partial charge in [0.15, 0.2) is 0 Å². The van der Waals surface area contributed by atoms with Gasteiger partial charge in [0.05, 0.1) is 0 Å². The highest BCUT2D eigenvalue weighted by Crippen LogP contribution is 2.53. The fourth-order valence-electron chi connectivity index (χ4n) is 2.10. The Morgan fingerprint density at radius 1 is 0.875 bits per heavy atom. The molecule has 0 saturated heterocycles. The topological polar surface area (TPSA) is 0 Å². The van der Waals surface area contributed by atoms with E-state index in [4.69, 9.17) is 0 Å². The molecule has 0 aliphatic heterocycles. The summed E-state index contributed by atoms with van der Waals surface area (Å²) in [6.07, 6.45) is 2.77. The molecule has 0 nitrogen and oxygen atoms in total. The Hall–Kier alpha value is -0.780. The third kappa shape index (κ3) is 3.37. The van der Waals surface area contributed by atoms with Crippen LogP contribution in [-0.2, 0) is 5.41 Å². The molecule has 1 saturated carbocycles. The fraction of sp³-hybridized carbons (Fsp3) is 0.625. The molecule has 1 aromatic rings. The molecule has 0 heteroatoms. The molecule has 0 radical (unpaired) electrons. The van der Waals surface area contributed by atoms with Crippen molar-refractivity contribution in [2.75, 3.05) is 0 Å². The molecule has 0 heterocycles. The second kappa shape index (κ2) is 7.49. The summed E-state index contributed by atoms with van der Waals surface area (Å²) in [5, 5.41) is 0. The van der Waals surface area contributed by atoms with Crippen LogP contribution in [-0.4, -0.2) is 0 Å². The highest BCUT2D eigenvalue weighted by molar-refractivity contribution is 5.31. The Morgan fingerprint density at radius 3 is 1.62 bits per heavy atom. The van der Waals surface area contributed by atoms with E-state index in [9.17, 15) is 0 Å². The van der Waals surface area contributed by atoms with Gasteiger partial charge >= 0.3 is 0 Å². The van der Waals surface area contributed by atoms with Gasteiger partial charge in [0, 0.05) is 0 Å². The van der Waals surface area contributed by atoms with Gasteiger partial charge in [-0.05, 0) is 29.7 Å². The molecule has 0 amide bonds. The highest BCUT2D eigenvalue weighted by Gasteiger charge is 2.46. The molecule has 0 aromatic heterocycles. The van der Waals surface area contributed by atoms with Gasteiger partial charge in [-0.15, -0.1) is 0 Å². The summed E-state index contributed by atoms with van der Waals surface area (Å²) in [5.41, 5.74) is 2.08. The minimum Gasteiger partial charge on any atom is -0.0683 e. The molecule has 0 unspecified atom stereocenters. The van der Waals surface area contributed by atoms with Crippen molar-refractivity contribution in [2.45, 2.75) is 59.8 Å². The number of rotatable bonds is 2. The van der Waals surface area contributed by atoms with Crippen LogP contribution in [0.4, 0.5) is 0 Å². The zero-order valence-electron chi connectivity index (χ0n) is 11.9. The van der Waals surface area contributed by atoms with Crippen LogP contribution in [0.15, 0.2) is 30.3 Å². The lowest BCUT2D eigenvalue weighted by Gasteiger charge is -2.19. The summed E-state index contributed by atoms with van der Waals surface area (Å²) in [7, 11) is 0. The lowest BCUT2D eigenvalue weighted by molar-refractivity contribution is 0.481. The first-order chi connectivity index (χ1) is 7.76. The van der Waals surface area contributed by atoms with Crippen LogP contribution in [0.3, 0.4) is 0 Å². The van der Waals surface area contributed by atoms with Gasteiger partial charge in [0.1, 0.15) is 0 Å². The molecule has 0 bridgehead atoms. The average Bonchev–Trinajstić information content (AvgIpc) is 3.17. The standard InChI is InChI=1S/C12H16.2C2H6/c1-10(2)12(8-9-12)11-6-4-3-5-7-11;2*1-2/h3-7,10H,8-9H2,1-2H3;2*1-2H3. The van der Waals surface area contributed by atoms with Gasteiger partial charge in [0.2, 0.25) is 0 Å². The molecule has 1 fully saturated rings. The Bertz CT molecular complexity index is 255. The third-order valence-corrected chi connectivity index (χ3v) is 3.24. The zero-order valence-corrected chi connectivity index (χ0v) is 11.9. The van der Waals surface area contributed by atoms with Crippen molar-refractivity contribution < 1.29 is 0 Å². The molecule has 16 heavy (non-hydrogen) atoms. The molecule has 1 aliphatic carbocycles. The van der Waals surface area contributed by atoms with Gasteiger partial charge in [-0.1, -0.05) is 71.9 Å². The lowest BCUT2D eigenvalue weighted by Crippen LogP contribution is -2.14. The maximum absolute atomic E-state index is 2.33. The van der Waals surface area contributed by atoms with Crippen molar-refractivity contribution in [3.8, 4) is 0 Å². The monoisotopic (exact) mass is 220 g/mol. The summed E-state index contributed by atoms with van der Waals surface area (Å²) >= 11 is 0. The van der Waals surface area contributed by atoms with Crippen molar-refractivity contribution >= 4 is 0 Å². The largest absolute Gasteiger partial charge is 0.0683 e. The number of benzene rings is 1. The summed E-state index contributed by atoms with van der Waals surface area (Å²) in [5.74, 6) is 0.792. The van der Waals surface area contributed by atoms with Crippen molar-refractivity contribution in [3.63, 3.8) is 0 Å². The summed E-state index contributed by atoms with van der Waals surface area (Å²) in [6.45, 7) is 12.7. The van der Waals surface area contributed by atoms with Gasteiger partial charge in [-0.25, -0.2) is 0 Å². The Labute approximate surface area is 102 Å². The van der Waals surface area contributed by atoms with Crippen LogP contribution in [0.5, 0.6) is 0 Å². The molecule has 92 valence electrons. The first-order valence-corrected chi connectivity index (χ1v) is 6.81. The third-order valence-electron chi connectivity index (χ3n) is 3.24. The summed E-state index contributed by atoms with van der Waals surface area (Å²) in [4.78, 5) is 0. The van der Waals surface area contributed by atoms with E-state index < -0.39 is 0 Å². The van der Waals surface area contributed by atoms with Gasteiger partial charge in [-0.2, -0.15) is 0 Å². The SMILES string of the molecule is CC.CC.CC(C)C1(c2ccccc2)CC1. The average molecular weight is 220 g/mol. The fourth-order valence-corrected chi connectivity index (χ4v) is 2.10. The van der Waals surface area contributed by atoms with E-state index in [1.165, 1.54) is 12.8 Å². The molecule has 2 rings (SSSR count). The van der Waals surface area contributed by atoms with Gasteiger partial charge in [-0.3, -0.25) is 0 Å². The maximum Gasteiger partial charge on any atom is -0.00234 e. The normalized spacial score (nSPS) is 15.4. The first-order valence-electron chi connectivity index (χ1n) is 6.81. The van der Waals surface area contributed by atoms with Crippen LogP contribution in [0.2, 0.25) is 0 Å². The van der Waals surface area contributed by atoms with Crippen molar-refractivity contribution in [1.29, 1.82) is 0 Å². The molecule has 0 spiro atoms. The summed E-state index contributed by atoms with van der Waals surface area (Å²) in [6, 6.07) is 10.9. The van der Waals surface area contributed by atoms with Gasteiger partial charge in [0.25, 0.3) is 0 Å². The van der Waals surface area contributed by atoms with Crippen LogP contribution >= 0.6 is 0 Å². The van der Waals surface area contributed by atoms with E-state index in [1.54, 1.807) is 5.56 Å². The Balaban J connectivity index is 0.000000509. The minimum atomic E-state index is 0.543. The number of hydrogen-bond donors (Lipinski definition) is 0. The van der Waals surface area contributed by atoms with Crippen LogP contribution in [0, 0.1) is 5.92 Å². The molecule has 0 atom stereocenters. The predicted molar refractivity (Wildman–Crippen MR) is 74.9 cm³/mol. The molecular formula is C16H28. The van der Waals surface area contributed by atoms with E-state index in [-0.39, 0.29) is 0 Å². The molecule has 1 aliphatic rings. The van der Waals surface area contributed by atoms with Crippen molar-refractivity contribution in [3.05, 3.63) is 35.9 Å². The van der Waals surface area contributed by atoms with E-state index in [1.807, 2.05) is 27.7 Å². The zero-order chi connectivity index (χ0) is 12.6. The highest BCUT2D eigenvalue weighted by atomic mass is 14.5.